The smallest absolute Gasteiger partial charge is 0.410 e. The van der Waals surface area contributed by atoms with E-state index in [2.05, 4.69) is 4.98 Å². The number of nitrogen functional groups attached to an aromatic ring is 1. The molecule has 0 spiro atoms. The zero-order chi connectivity index (χ0) is 26.8. The van der Waals surface area contributed by atoms with Crippen LogP contribution in [0.2, 0.25) is 0 Å². The van der Waals surface area contributed by atoms with Gasteiger partial charge in [0.2, 0.25) is 0 Å². The second-order valence-corrected chi connectivity index (χ2v) is 9.78. The van der Waals surface area contributed by atoms with E-state index in [0.29, 0.717) is 19.5 Å². The first-order valence-electron chi connectivity index (χ1n) is 12.4. The molecule has 0 aliphatic carbocycles. The molecule has 1 fully saturated rings. The molecule has 1 aliphatic rings. The molecular weight excluding hydrogens is 480 g/mol. The van der Waals surface area contributed by atoms with E-state index in [-0.39, 0.29) is 37.5 Å². The van der Waals surface area contributed by atoms with E-state index in [1.807, 2.05) is 51.1 Å². The van der Waals surface area contributed by atoms with Crippen LogP contribution in [-0.4, -0.2) is 58.2 Å². The molecule has 202 valence electrons. The Morgan fingerprint density at radius 1 is 1.16 bits per heavy atom. The Morgan fingerprint density at radius 3 is 2.62 bits per heavy atom. The molecule has 2 N–H and O–H groups in total. The number of rotatable bonds is 11. The Hall–Kier alpha value is -3.44. The van der Waals surface area contributed by atoms with Crippen LogP contribution >= 0.6 is 0 Å². The SMILES string of the molecule is CC(C)(C)OC(=O)N(CCCCCC(=O)OCC1OCC(n2ccc(N)nc2=O)O1)Cc1ccccc1. The number of anilines is 1. The molecule has 2 aromatic rings. The molecule has 0 bridgehead atoms. The van der Waals surface area contributed by atoms with Gasteiger partial charge in [-0.1, -0.05) is 36.8 Å². The van der Waals surface area contributed by atoms with E-state index >= 15 is 0 Å². The summed E-state index contributed by atoms with van der Waals surface area (Å²) in [5.41, 5.74) is 5.40. The maximum absolute atomic E-state index is 12.7. The first kappa shape index (κ1) is 28.1. The van der Waals surface area contributed by atoms with E-state index in [1.54, 1.807) is 4.90 Å². The summed E-state index contributed by atoms with van der Waals surface area (Å²) in [5, 5.41) is 0. The van der Waals surface area contributed by atoms with Crippen molar-refractivity contribution in [3.63, 3.8) is 0 Å². The third-order valence-corrected chi connectivity index (χ3v) is 5.45. The lowest BCUT2D eigenvalue weighted by Gasteiger charge is -2.27. The predicted octanol–water partition coefficient (Wildman–Crippen LogP) is 3.24. The number of benzene rings is 1. The lowest BCUT2D eigenvalue weighted by Crippen LogP contribution is -2.37. The van der Waals surface area contributed by atoms with Crippen LogP contribution in [0.5, 0.6) is 0 Å². The number of esters is 1. The second-order valence-electron chi connectivity index (χ2n) is 9.78. The number of amides is 1. The third kappa shape index (κ3) is 9.51. The van der Waals surface area contributed by atoms with Gasteiger partial charge < -0.3 is 29.6 Å². The lowest BCUT2D eigenvalue weighted by molar-refractivity contribution is -0.159. The zero-order valence-corrected chi connectivity index (χ0v) is 21.6. The van der Waals surface area contributed by atoms with E-state index in [9.17, 15) is 14.4 Å². The van der Waals surface area contributed by atoms with Crippen molar-refractivity contribution in [2.24, 2.45) is 0 Å². The van der Waals surface area contributed by atoms with Crippen LogP contribution in [0.25, 0.3) is 0 Å². The van der Waals surface area contributed by atoms with Gasteiger partial charge in [-0.15, -0.1) is 0 Å². The minimum atomic E-state index is -0.765. The van der Waals surface area contributed by atoms with Crippen LogP contribution in [-0.2, 0) is 30.3 Å². The highest BCUT2D eigenvalue weighted by Gasteiger charge is 2.29. The van der Waals surface area contributed by atoms with E-state index in [1.165, 1.54) is 16.8 Å². The van der Waals surface area contributed by atoms with Crippen molar-refractivity contribution in [1.82, 2.24) is 14.5 Å². The Morgan fingerprint density at radius 2 is 1.92 bits per heavy atom. The van der Waals surface area contributed by atoms with Crippen LogP contribution in [0.15, 0.2) is 47.4 Å². The van der Waals surface area contributed by atoms with Crippen LogP contribution < -0.4 is 11.4 Å². The molecule has 1 amide bonds. The number of nitrogens with two attached hydrogens (primary N) is 1. The molecule has 11 nitrogen and oxygen atoms in total. The largest absolute Gasteiger partial charge is 0.460 e. The molecule has 0 saturated carbocycles. The first-order chi connectivity index (χ1) is 17.6. The highest BCUT2D eigenvalue weighted by Crippen LogP contribution is 2.20. The number of unbranched alkanes of at least 4 members (excludes halogenated alkanes) is 2. The predicted molar refractivity (Wildman–Crippen MR) is 135 cm³/mol. The van der Waals surface area contributed by atoms with Crippen molar-refractivity contribution >= 4 is 17.9 Å². The summed E-state index contributed by atoms with van der Waals surface area (Å²) in [7, 11) is 0. The van der Waals surface area contributed by atoms with Crippen LogP contribution in [0.3, 0.4) is 0 Å². The lowest BCUT2D eigenvalue weighted by atomic mass is 10.1. The number of carbonyl (C=O) groups is 2. The average molecular weight is 517 g/mol. The minimum absolute atomic E-state index is 0.0734. The van der Waals surface area contributed by atoms with Crippen molar-refractivity contribution in [2.75, 3.05) is 25.5 Å². The molecule has 1 aromatic carbocycles. The molecule has 1 aliphatic heterocycles. The number of ether oxygens (including phenoxy) is 4. The van der Waals surface area contributed by atoms with Crippen molar-refractivity contribution in [3.8, 4) is 0 Å². The van der Waals surface area contributed by atoms with Gasteiger partial charge in [0.1, 0.15) is 18.0 Å². The molecule has 1 aromatic heterocycles. The number of hydrogen-bond acceptors (Lipinski definition) is 9. The van der Waals surface area contributed by atoms with E-state index in [4.69, 9.17) is 24.7 Å². The van der Waals surface area contributed by atoms with Gasteiger partial charge >= 0.3 is 17.8 Å². The van der Waals surface area contributed by atoms with Gasteiger partial charge in [-0.25, -0.2) is 9.59 Å². The molecule has 0 radical (unpaired) electrons. The highest BCUT2D eigenvalue weighted by atomic mass is 16.7. The second kappa shape index (κ2) is 13.2. The van der Waals surface area contributed by atoms with Gasteiger partial charge in [0.25, 0.3) is 0 Å². The number of nitrogens with zero attached hydrogens (tertiary/aromatic N) is 3. The van der Waals surface area contributed by atoms with Crippen LogP contribution in [0.4, 0.5) is 10.6 Å². The van der Waals surface area contributed by atoms with E-state index in [0.717, 1.165) is 18.4 Å². The number of aromatic nitrogens is 2. The molecule has 37 heavy (non-hydrogen) atoms. The molecule has 1 saturated heterocycles. The average Bonchev–Trinajstić information content (AvgIpc) is 3.30. The highest BCUT2D eigenvalue weighted by molar-refractivity contribution is 5.69. The van der Waals surface area contributed by atoms with Crippen LogP contribution in [0.1, 0.15) is 58.2 Å². The van der Waals surface area contributed by atoms with Gasteiger partial charge in [-0.05, 0) is 45.2 Å². The molecule has 11 heteroatoms. The standard InChI is InChI=1S/C26H36N4O7/c1-26(2,3)37-25(33)29(16-19-10-6-4-7-11-19)14-9-5-8-12-22(31)34-18-23-35-17-21(36-23)30-15-13-20(27)28-24(30)32/h4,6-7,10-11,13,15,21,23H,5,8-9,12,14,16-18H2,1-3H3,(H2,27,28,32). The van der Waals surface area contributed by atoms with Gasteiger partial charge in [-0.3, -0.25) is 9.36 Å². The Kier molecular flexibility index (Phi) is 10.0. The molecule has 3 rings (SSSR count). The fourth-order valence-electron chi connectivity index (χ4n) is 3.67. The maximum atomic E-state index is 12.7. The summed E-state index contributed by atoms with van der Waals surface area (Å²) in [6.45, 7) is 6.55. The molecule has 2 heterocycles. The minimum Gasteiger partial charge on any atom is -0.460 e. The molecule has 2 atom stereocenters. The topological polar surface area (TPSA) is 135 Å². The fourth-order valence-corrected chi connectivity index (χ4v) is 3.67. The van der Waals surface area contributed by atoms with Crippen molar-refractivity contribution in [1.29, 1.82) is 0 Å². The van der Waals surface area contributed by atoms with Gasteiger partial charge in [0.15, 0.2) is 12.5 Å². The first-order valence-corrected chi connectivity index (χ1v) is 12.4. The monoisotopic (exact) mass is 516 g/mol. The fraction of sp³-hybridized carbons (Fsp3) is 0.538. The van der Waals surface area contributed by atoms with Gasteiger partial charge in [0.05, 0.1) is 6.61 Å². The summed E-state index contributed by atoms with van der Waals surface area (Å²) in [4.78, 5) is 42.1. The summed E-state index contributed by atoms with van der Waals surface area (Å²) in [5.74, 6) is -0.241. The van der Waals surface area contributed by atoms with E-state index < -0.39 is 23.8 Å². The number of carbonyl (C=O) groups excluding carboxylic acids is 2. The zero-order valence-electron chi connectivity index (χ0n) is 21.6. The Balaban J connectivity index is 1.35. The van der Waals surface area contributed by atoms with Crippen molar-refractivity contribution in [3.05, 3.63) is 58.6 Å². The molecule has 2 unspecified atom stereocenters. The Bertz CT molecular complexity index is 1080. The third-order valence-electron chi connectivity index (χ3n) is 5.45. The summed E-state index contributed by atoms with van der Waals surface area (Å²) < 4.78 is 23.2. The quantitative estimate of drug-likeness (QED) is 0.353. The van der Waals surface area contributed by atoms with Crippen molar-refractivity contribution in [2.45, 2.75) is 71.1 Å². The van der Waals surface area contributed by atoms with Crippen LogP contribution in [0, 0.1) is 0 Å². The molecular formula is C26H36N4O7. The normalized spacial score (nSPS) is 17.4. The maximum Gasteiger partial charge on any atom is 0.410 e. The summed E-state index contributed by atoms with van der Waals surface area (Å²) >= 11 is 0. The van der Waals surface area contributed by atoms with Gasteiger partial charge in [0, 0.05) is 25.7 Å². The summed E-state index contributed by atoms with van der Waals surface area (Å²) in [6, 6.07) is 11.2. The Labute approximate surface area is 216 Å². The van der Waals surface area contributed by atoms with Gasteiger partial charge in [-0.2, -0.15) is 4.98 Å². The van der Waals surface area contributed by atoms with Crippen molar-refractivity contribution < 1.29 is 28.5 Å². The number of hydrogen-bond donors (Lipinski definition) is 1. The summed E-state index contributed by atoms with van der Waals surface area (Å²) in [6.07, 6.45) is 2.03.